The molecule has 0 saturated heterocycles. The predicted molar refractivity (Wildman–Crippen MR) is 75.0 cm³/mol. The van der Waals surface area contributed by atoms with E-state index >= 15 is 0 Å². The van der Waals surface area contributed by atoms with E-state index in [1.807, 2.05) is 24.3 Å². The Morgan fingerprint density at radius 3 is 2.45 bits per heavy atom. The number of aliphatic carboxylic acids is 1. The summed E-state index contributed by atoms with van der Waals surface area (Å²) in [5.74, 6) is -0.962. The number of benzene rings is 2. The van der Waals surface area contributed by atoms with Crippen LogP contribution in [0.15, 0.2) is 48.5 Å². The van der Waals surface area contributed by atoms with Gasteiger partial charge in [0.05, 0.1) is 0 Å². The van der Waals surface area contributed by atoms with Crippen LogP contribution >= 0.6 is 0 Å². The monoisotopic (exact) mass is 267 g/mol. The van der Waals surface area contributed by atoms with Crippen LogP contribution in [0.2, 0.25) is 0 Å². The molecule has 20 heavy (non-hydrogen) atoms. The van der Waals surface area contributed by atoms with Crippen LogP contribution in [-0.2, 0) is 11.3 Å². The maximum atomic E-state index is 12.6. The number of fused-ring (bicyclic) bond motifs is 2. The molecule has 1 heterocycles. The topological polar surface area (TPSA) is 57.6 Å². The second-order valence-electron chi connectivity index (χ2n) is 4.75. The summed E-state index contributed by atoms with van der Waals surface area (Å²) in [5.41, 5.74) is 2.73. The molecule has 2 aromatic rings. The molecule has 0 aliphatic carbocycles. The highest BCUT2D eigenvalue weighted by Gasteiger charge is 2.25. The lowest BCUT2D eigenvalue weighted by Crippen LogP contribution is -2.29. The lowest BCUT2D eigenvalue weighted by Gasteiger charge is -2.22. The molecule has 0 bridgehead atoms. The Balaban J connectivity index is 2.18. The Kier molecular flexibility index (Phi) is 2.99. The van der Waals surface area contributed by atoms with Crippen LogP contribution in [0.5, 0.6) is 0 Å². The molecule has 1 aliphatic rings. The Morgan fingerprint density at radius 1 is 1.05 bits per heavy atom. The fourth-order valence-electron chi connectivity index (χ4n) is 2.56. The third kappa shape index (κ3) is 2.05. The number of ketones is 1. The number of rotatable bonds is 2. The maximum absolute atomic E-state index is 12.6. The van der Waals surface area contributed by atoms with E-state index in [1.165, 1.54) is 0 Å². The summed E-state index contributed by atoms with van der Waals surface area (Å²) >= 11 is 0. The molecule has 0 fully saturated rings. The van der Waals surface area contributed by atoms with Gasteiger partial charge in [0.15, 0.2) is 5.78 Å². The van der Waals surface area contributed by atoms with Gasteiger partial charge in [0.25, 0.3) is 0 Å². The van der Waals surface area contributed by atoms with Gasteiger partial charge < -0.3 is 10.0 Å². The van der Waals surface area contributed by atoms with Crippen LogP contribution in [0.25, 0.3) is 0 Å². The van der Waals surface area contributed by atoms with Crippen molar-refractivity contribution in [2.45, 2.75) is 6.54 Å². The van der Waals surface area contributed by atoms with Crippen molar-refractivity contribution in [2.75, 3.05) is 11.4 Å². The van der Waals surface area contributed by atoms with Gasteiger partial charge >= 0.3 is 5.97 Å². The van der Waals surface area contributed by atoms with Gasteiger partial charge in [0.2, 0.25) is 0 Å². The summed E-state index contributed by atoms with van der Waals surface area (Å²) in [6.07, 6.45) is 0. The number of nitrogens with zero attached hydrogens (tertiary/aromatic N) is 1. The highest BCUT2D eigenvalue weighted by molar-refractivity contribution is 6.14. The molecule has 0 aromatic heterocycles. The lowest BCUT2D eigenvalue weighted by molar-refractivity contribution is -0.135. The second-order valence-corrected chi connectivity index (χ2v) is 4.75. The minimum atomic E-state index is -0.911. The Hall–Kier alpha value is -2.62. The molecule has 4 nitrogen and oxygen atoms in total. The zero-order valence-electron chi connectivity index (χ0n) is 10.7. The smallest absolute Gasteiger partial charge is 0.323 e. The number of para-hydroxylation sites is 1. The van der Waals surface area contributed by atoms with Crippen LogP contribution in [0.1, 0.15) is 21.5 Å². The van der Waals surface area contributed by atoms with Gasteiger partial charge in [-0.3, -0.25) is 9.59 Å². The molecule has 0 amide bonds. The first-order valence-electron chi connectivity index (χ1n) is 6.35. The SMILES string of the molecule is O=C(O)CN1Cc2ccccc2C(=O)c2ccccc21. The third-order valence-electron chi connectivity index (χ3n) is 3.44. The normalized spacial score (nSPS) is 13.4. The van der Waals surface area contributed by atoms with Gasteiger partial charge in [0, 0.05) is 23.4 Å². The van der Waals surface area contributed by atoms with Gasteiger partial charge in [-0.15, -0.1) is 0 Å². The highest BCUT2D eigenvalue weighted by atomic mass is 16.4. The molecule has 0 spiro atoms. The molecule has 0 atom stereocenters. The van der Waals surface area contributed by atoms with E-state index in [0.29, 0.717) is 23.4 Å². The Bertz CT molecular complexity index is 694. The molecular weight excluding hydrogens is 254 g/mol. The van der Waals surface area contributed by atoms with Crippen molar-refractivity contribution in [3.8, 4) is 0 Å². The highest BCUT2D eigenvalue weighted by Crippen LogP contribution is 2.30. The lowest BCUT2D eigenvalue weighted by atomic mass is 9.99. The van der Waals surface area contributed by atoms with E-state index in [-0.39, 0.29) is 12.3 Å². The van der Waals surface area contributed by atoms with Crippen molar-refractivity contribution in [3.05, 3.63) is 65.2 Å². The molecule has 3 rings (SSSR count). The van der Waals surface area contributed by atoms with Crippen molar-refractivity contribution in [3.63, 3.8) is 0 Å². The number of carboxylic acids is 1. The zero-order chi connectivity index (χ0) is 14.1. The summed E-state index contributed by atoms with van der Waals surface area (Å²) in [6.45, 7) is 0.295. The van der Waals surface area contributed by atoms with Crippen LogP contribution in [0.3, 0.4) is 0 Å². The number of anilines is 1. The summed E-state index contributed by atoms with van der Waals surface area (Å²) in [5, 5.41) is 9.07. The second kappa shape index (κ2) is 4.81. The molecule has 1 aliphatic heterocycles. The van der Waals surface area contributed by atoms with Crippen LogP contribution < -0.4 is 4.90 Å². The summed E-state index contributed by atoms with van der Waals surface area (Å²) in [6, 6.07) is 14.5. The zero-order valence-corrected chi connectivity index (χ0v) is 10.7. The van der Waals surface area contributed by atoms with E-state index < -0.39 is 5.97 Å². The first kappa shape index (κ1) is 12.4. The standard InChI is InChI=1S/C16H13NO3/c18-15(19)10-17-9-11-5-1-2-6-12(11)16(20)13-7-3-4-8-14(13)17/h1-8H,9-10H2,(H,18,19). The van der Waals surface area contributed by atoms with E-state index in [1.54, 1.807) is 29.2 Å². The largest absolute Gasteiger partial charge is 0.480 e. The number of hydrogen-bond donors (Lipinski definition) is 1. The maximum Gasteiger partial charge on any atom is 0.323 e. The minimum absolute atomic E-state index is 0.0518. The molecule has 1 N–H and O–H groups in total. The van der Waals surface area contributed by atoms with Crippen molar-refractivity contribution in [1.29, 1.82) is 0 Å². The van der Waals surface area contributed by atoms with Gasteiger partial charge in [0.1, 0.15) is 6.54 Å². The number of hydrogen-bond acceptors (Lipinski definition) is 3. The van der Waals surface area contributed by atoms with Crippen LogP contribution in [-0.4, -0.2) is 23.4 Å². The first-order chi connectivity index (χ1) is 9.66. The van der Waals surface area contributed by atoms with Gasteiger partial charge in [-0.1, -0.05) is 36.4 Å². The quantitative estimate of drug-likeness (QED) is 0.907. The molecule has 0 unspecified atom stereocenters. The van der Waals surface area contributed by atoms with Crippen LogP contribution in [0.4, 0.5) is 5.69 Å². The average Bonchev–Trinajstić information content (AvgIpc) is 2.56. The molecule has 0 saturated carbocycles. The van der Waals surface area contributed by atoms with E-state index in [4.69, 9.17) is 5.11 Å². The van der Waals surface area contributed by atoms with E-state index in [0.717, 1.165) is 5.56 Å². The third-order valence-corrected chi connectivity index (χ3v) is 3.44. The van der Waals surface area contributed by atoms with Crippen molar-refractivity contribution in [1.82, 2.24) is 0 Å². The fraction of sp³-hybridized carbons (Fsp3) is 0.125. The van der Waals surface area contributed by atoms with E-state index in [2.05, 4.69) is 0 Å². The molecule has 4 heteroatoms. The first-order valence-corrected chi connectivity index (χ1v) is 6.35. The number of carbonyl (C=O) groups is 2. The summed E-state index contributed by atoms with van der Waals surface area (Å²) < 4.78 is 0. The Morgan fingerprint density at radius 2 is 1.70 bits per heavy atom. The Labute approximate surface area is 116 Å². The average molecular weight is 267 g/mol. The van der Waals surface area contributed by atoms with Crippen LogP contribution in [0, 0.1) is 0 Å². The minimum Gasteiger partial charge on any atom is -0.480 e. The molecule has 100 valence electrons. The predicted octanol–water partition coefficient (Wildman–Crippen LogP) is 2.32. The van der Waals surface area contributed by atoms with Crippen molar-refractivity contribution in [2.24, 2.45) is 0 Å². The number of carbonyl (C=O) groups excluding carboxylic acids is 1. The van der Waals surface area contributed by atoms with Crippen molar-refractivity contribution < 1.29 is 14.7 Å². The van der Waals surface area contributed by atoms with Gasteiger partial charge in [-0.05, 0) is 17.7 Å². The van der Waals surface area contributed by atoms with Gasteiger partial charge in [-0.2, -0.15) is 0 Å². The van der Waals surface area contributed by atoms with Crippen molar-refractivity contribution >= 4 is 17.4 Å². The van der Waals surface area contributed by atoms with E-state index in [9.17, 15) is 9.59 Å². The summed E-state index contributed by atoms with van der Waals surface area (Å²) in [7, 11) is 0. The molecule has 2 aromatic carbocycles. The van der Waals surface area contributed by atoms with Gasteiger partial charge in [-0.25, -0.2) is 0 Å². The fourth-order valence-corrected chi connectivity index (χ4v) is 2.56. The molecular formula is C16H13NO3. The summed E-state index contributed by atoms with van der Waals surface area (Å²) in [4.78, 5) is 25.4. The number of carboxylic acid groups (broad SMARTS) is 1. The molecule has 0 radical (unpaired) electrons.